The number of hydrogen-bond acceptors (Lipinski definition) is 5. The van der Waals surface area contributed by atoms with E-state index in [2.05, 4.69) is 5.32 Å². The molecule has 0 atom stereocenters. The topological polar surface area (TPSA) is 82.0 Å². The SMILES string of the molecule is COc1cc(/C=C/c2cccc(O)c2NC(=O)/C=C/c2cn(C)c3ccccc23)cc(OC)c1OC. The Hall–Kier alpha value is -4.65. The molecule has 0 fully saturated rings. The number of aromatic nitrogens is 1. The normalized spacial score (nSPS) is 11.3. The Morgan fingerprint density at radius 2 is 1.61 bits per heavy atom. The molecule has 184 valence electrons. The highest BCUT2D eigenvalue weighted by molar-refractivity contribution is 6.05. The standard InChI is InChI=1S/C29H28N2O5/c1-31-18-21(22-9-5-6-10-23(22)31)14-15-27(33)30-28-20(8-7-11-24(28)32)13-12-19-16-25(34-2)29(36-4)26(17-19)35-3/h5-18,32H,1-4H3,(H,30,33)/b13-12+,15-14+. The number of methoxy groups -OCH3 is 3. The van der Waals surface area contributed by atoms with Crippen LogP contribution < -0.4 is 19.5 Å². The molecule has 0 saturated heterocycles. The molecule has 4 rings (SSSR count). The molecule has 0 aliphatic heterocycles. The number of rotatable bonds is 8. The maximum Gasteiger partial charge on any atom is 0.248 e. The van der Waals surface area contributed by atoms with Crippen LogP contribution in [0.2, 0.25) is 0 Å². The number of aromatic hydroxyl groups is 1. The maximum absolute atomic E-state index is 12.8. The summed E-state index contributed by atoms with van der Waals surface area (Å²) in [5, 5.41) is 14.3. The van der Waals surface area contributed by atoms with Gasteiger partial charge in [0.25, 0.3) is 0 Å². The average Bonchev–Trinajstić information content (AvgIpc) is 3.22. The number of amides is 1. The fourth-order valence-electron chi connectivity index (χ4n) is 4.05. The van der Waals surface area contributed by atoms with Gasteiger partial charge in [-0.25, -0.2) is 0 Å². The molecule has 1 aromatic heterocycles. The molecular weight excluding hydrogens is 456 g/mol. The van der Waals surface area contributed by atoms with E-state index in [0.717, 1.165) is 22.0 Å². The number of ether oxygens (including phenoxy) is 3. The van der Waals surface area contributed by atoms with Gasteiger partial charge in [-0.15, -0.1) is 0 Å². The fraction of sp³-hybridized carbons (Fsp3) is 0.138. The van der Waals surface area contributed by atoms with E-state index in [-0.39, 0.29) is 11.7 Å². The van der Waals surface area contributed by atoms with Gasteiger partial charge in [-0.3, -0.25) is 4.79 Å². The van der Waals surface area contributed by atoms with Crippen LogP contribution in [0.3, 0.4) is 0 Å². The number of nitrogens with zero attached hydrogens (tertiary/aromatic N) is 1. The number of carbonyl (C=O) groups excluding carboxylic acids is 1. The van der Waals surface area contributed by atoms with Crippen LogP contribution in [0.15, 0.2) is 66.9 Å². The van der Waals surface area contributed by atoms with Gasteiger partial charge >= 0.3 is 0 Å². The van der Waals surface area contributed by atoms with Gasteiger partial charge in [0.2, 0.25) is 11.7 Å². The second-order valence-corrected chi connectivity index (χ2v) is 8.07. The number of hydrogen-bond donors (Lipinski definition) is 2. The first-order valence-corrected chi connectivity index (χ1v) is 11.3. The molecule has 0 saturated carbocycles. The molecule has 0 radical (unpaired) electrons. The van der Waals surface area contributed by atoms with Gasteiger partial charge in [0, 0.05) is 41.4 Å². The minimum absolute atomic E-state index is 0.0334. The number of fused-ring (bicyclic) bond motifs is 1. The maximum atomic E-state index is 12.8. The average molecular weight is 485 g/mol. The van der Waals surface area contributed by atoms with E-state index in [1.54, 1.807) is 45.6 Å². The Kier molecular flexibility index (Phi) is 7.30. The number of para-hydroxylation sites is 2. The lowest BCUT2D eigenvalue weighted by atomic mass is 10.1. The molecule has 0 aliphatic carbocycles. The van der Waals surface area contributed by atoms with E-state index in [1.165, 1.54) is 12.1 Å². The van der Waals surface area contributed by atoms with Gasteiger partial charge in [0.1, 0.15) is 5.75 Å². The zero-order valence-electron chi connectivity index (χ0n) is 20.6. The molecule has 0 spiro atoms. The van der Waals surface area contributed by atoms with E-state index in [4.69, 9.17) is 14.2 Å². The third kappa shape index (κ3) is 5.05. The first kappa shape index (κ1) is 24.5. The zero-order valence-corrected chi connectivity index (χ0v) is 20.6. The Balaban J connectivity index is 1.58. The largest absolute Gasteiger partial charge is 0.506 e. The predicted octanol–water partition coefficient (Wildman–Crippen LogP) is 5.73. The van der Waals surface area contributed by atoms with E-state index in [0.29, 0.717) is 28.5 Å². The smallest absolute Gasteiger partial charge is 0.248 e. The lowest BCUT2D eigenvalue weighted by molar-refractivity contribution is -0.111. The van der Waals surface area contributed by atoms with Crippen LogP contribution in [0.1, 0.15) is 16.7 Å². The lowest BCUT2D eigenvalue weighted by Crippen LogP contribution is -2.09. The second-order valence-electron chi connectivity index (χ2n) is 8.07. The van der Waals surface area contributed by atoms with Crippen LogP contribution in [0.25, 0.3) is 29.1 Å². The highest BCUT2D eigenvalue weighted by Gasteiger charge is 2.13. The molecule has 1 heterocycles. The number of carbonyl (C=O) groups is 1. The summed E-state index contributed by atoms with van der Waals surface area (Å²) < 4.78 is 18.2. The molecule has 4 aromatic rings. The lowest BCUT2D eigenvalue weighted by Gasteiger charge is -2.13. The summed E-state index contributed by atoms with van der Waals surface area (Å²) in [6.07, 6.45) is 8.83. The molecule has 2 N–H and O–H groups in total. The highest BCUT2D eigenvalue weighted by atomic mass is 16.5. The van der Waals surface area contributed by atoms with Crippen LogP contribution >= 0.6 is 0 Å². The van der Waals surface area contributed by atoms with Crippen molar-refractivity contribution < 1.29 is 24.1 Å². The van der Waals surface area contributed by atoms with Crippen molar-refractivity contribution in [3.63, 3.8) is 0 Å². The van der Waals surface area contributed by atoms with E-state index < -0.39 is 0 Å². The first-order valence-electron chi connectivity index (χ1n) is 11.3. The van der Waals surface area contributed by atoms with Crippen LogP contribution in [0.5, 0.6) is 23.0 Å². The summed E-state index contributed by atoms with van der Waals surface area (Å²) in [4.78, 5) is 12.8. The van der Waals surface area contributed by atoms with E-state index in [1.807, 2.05) is 60.3 Å². The summed E-state index contributed by atoms with van der Waals surface area (Å²) in [6.45, 7) is 0. The molecule has 0 unspecified atom stereocenters. The van der Waals surface area contributed by atoms with Crippen molar-refractivity contribution in [1.29, 1.82) is 0 Å². The van der Waals surface area contributed by atoms with Crippen molar-refractivity contribution in [2.75, 3.05) is 26.6 Å². The van der Waals surface area contributed by atoms with Gasteiger partial charge in [-0.2, -0.15) is 0 Å². The Morgan fingerprint density at radius 3 is 2.31 bits per heavy atom. The van der Waals surface area contributed by atoms with Crippen LogP contribution in [-0.4, -0.2) is 36.9 Å². The number of phenolic OH excluding ortho intramolecular Hbond substituents is 1. The Labute approximate surface area is 209 Å². The highest BCUT2D eigenvalue weighted by Crippen LogP contribution is 2.39. The van der Waals surface area contributed by atoms with Crippen LogP contribution in [0.4, 0.5) is 5.69 Å². The van der Waals surface area contributed by atoms with Crippen molar-refractivity contribution in [2.24, 2.45) is 7.05 Å². The molecule has 7 nitrogen and oxygen atoms in total. The Morgan fingerprint density at radius 1 is 0.889 bits per heavy atom. The van der Waals surface area contributed by atoms with Crippen molar-refractivity contribution in [1.82, 2.24) is 4.57 Å². The van der Waals surface area contributed by atoms with Crippen molar-refractivity contribution in [2.45, 2.75) is 0 Å². The van der Waals surface area contributed by atoms with Gasteiger partial charge in [-0.05, 0) is 35.9 Å². The van der Waals surface area contributed by atoms with Gasteiger partial charge in [-0.1, -0.05) is 42.5 Å². The number of benzene rings is 3. The number of anilines is 1. The number of phenols is 1. The summed E-state index contributed by atoms with van der Waals surface area (Å²) >= 11 is 0. The summed E-state index contributed by atoms with van der Waals surface area (Å²) in [5.41, 5.74) is 3.76. The zero-order chi connectivity index (χ0) is 25.7. The quantitative estimate of drug-likeness (QED) is 0.190. The minimum atomic E-state index is -0.355. The number of aryl methyl sites for hydroxylation is 1. The predicted molar refractivity (Wildman–Crippen MR) is 144 cm³/mol. The third-order valence-electron chi connectivity index (χ3n) is 5.81. The summed E-state index contributed by atoms with van der Waals surface area (Å²) in [5.74, 6) is 1.17. The first-order chi connectivity index (χ1) is 17.4. The van der Waals surface area contributed by atoms with E-state index >= 15 is 0 Å². The Bertz CT molecular complexity index is 1440. The third-order valence-corrected chi connectivity index (χ3v) is 5.81. The monoisotopic (exact) mass is 484 g/mol. The molecule has 3 aromatic carbocycles. The van der Waals surface area contributed by atoms with Gasteiger partial charge < -0.3 is 29.2 Å². The molecule has 1 amide bonds. The summed E-state index contributed by atoms with van der Waals surface area (Å²) in [7, 11) is 6.62. The van der Waals surface area contributed by atoms with Crippen LogP contribution in [0, 0.1) is 0 Å². The van der Waals surface area contributed by atoms with Gasteiger partial charge in [0.15, 0.2) is 11.5 Å². The second kappa shape index (κ2) is 10.7. The van der Waals surface area contributed by atoms with Crippen LogP contribution in [-0.2, 0) is 11.8 Å². The molecule has 0 bridgehead atoms. The molecule has 36 heavy (non-hydrogen) atoms. The summed E-state index contributed by atoms with van der Waals surface area (Å²) in [6, 6.07) is 16.7. The van der Waals surface area contributed by atoms with Crippen molar-refractivity contribution >= 4 is 40.7 Å². The minimum Gasteiger partial charge on any atom is -0.506 e. The van der Waals surface area contributed by atoms with Crippen molar-refractivity contribution in [3.05, 3.63) is 83.6 Å². The fourth-order valence-corrected chi connectivity index (χ4v) is 4.05. The van der Waals surface area contributed by atoms with E-state index in [9.17, 15) is 9.90 Å². The van der Waals surface area contributed by atoms with Gasteiger partial charge in [0.05, 0.1) is 27.0 Å². The molecular formula is C29H28N2O5. The molecule has 7 heteroatoms. The molecule has 0 aliphatic rings. The van der Waals surface area contributed by atoms with Crippen molar-refractivity contribution in [3.8, 4) is 23.0 Å². The number of nitrogens with one attached hydrogen (secondary N) is 1.